The van der Waals surface area contributed by atoms with Gasteiger partial charge in [-0.05, 0) is 18.2 Å². The zero-order valence-corrected chi connectivity index (χ0v) is 7.45. The van der Waals surface area contributed by atoms with Gasteiger partial charge in [-0.15, -0.1) is 12.4 Å². The molecule has 1 aromatic carbocycles. The molecule has 0 atom stereocenters. The van der Waals surface area contributed by atoms with Crippen molar-refractivity contribution in [1.29, 1.82) is 0 Å². The third kappa shape index (κ3) is 2.70. The average molecular weight is 229 g/mol. The topological polar surface area (TPSA) is 17.1 Å². The fourth-order valence-corrected chi connectivity index (χ4v) is 0.799. The van der Waals surface area contributed by atoms with Crippen LogP contribution < -0.4 is 0 Å². The van der Waals surface area contributed by atoms with E-state index in [0.29, 0.717) is 12.1 Å². The van der Waals surface area contributed by atoms with Crippen LogP contribution in [-0.4, -0.2) is 6.29 Å². The van der Waals surface area contributed by atoms with Gasteiger partial charge in [-0.1, -0.05) is 0 Å². The van der Waals surface area contributed by atoms with Gasteiger partial charge in [0.1, 0.15) is 5.82 Å². The summed E-state index contributed by atoms with van der Waals surface area (Å²) in [7, 11) is 0. The van der Waals surface area contributed by atoms with Crippen molar-refractivity contribution in [3.05, 3.63) is 35.1 Å². The van der Waals surface area contributed by atoms with Crippen molar-refractivity contribution in [2.75, 3.05) is 0 Å². The number of carbonyl (C=O) groups excluding carboxylic acids is 1. The summed E-state index contributed by atoms with van der Waals surface area (Å²) in [5.41, 5.74) is -1.48. The molecule has 78 valence electrons. The number of aldehydes is 1. The predicted octanol–water partition coefficient (Wildman–Crippen LogP) is 3.08. The lowest BCUT2D eigenvalue weighted by molar-refractivity contribution is -0.137. The molecule has 1 rings (SSSR count). The molecule has 0 N–H and O–H groups in total. The molecule has 1 nitrogen and oxygen atoms in total. The second-order valence-corrected chi connectivity index (χ2v) is 2.35. The number of halogens is 5. The van der Waals surface area contributed by atoms with E-state index in [4.69, 9.17) is 0 Å². The molecule has 0 fully saturated rings. The summed E-state index contributed by atoms with van der Waals surface area (Å²) in [6.45, 7) is 0. The molecular formula is C8H5ClF4O. The quantitative estimate of drug-likeness (QED) is 0.533. The normalized spacial score (nSPS) is 10.6. The summed E-state index contributed by atoms with van der Waals surface area (Å²) < 4.78 is 48.5. The molecule has 0 aliphatic carbocycles. The van der Waals surface area contributed by atoms with Crippen LogP contribution in [0.3, 0.4) is 0 Å². The fourth-order valence-electron chi connectivity index (χ4n) is 0.799. The maximum Gasteiger partial charge on any atom is 0.416 e. The van der Waals surface area contributed by atoms with E-state index in [2.05, 4.69) is 0 Å². The zero-order chi connectivity index (χ0) is 10.1. The van der Waals surface area contributed by atoms with Crippen LogP contribution >= 0.6 is 12.4 Å². The lowest BCUT2D eigenvalue weighted by Crippen LogP contribution is -2.05. The van der Waals surface area contributed by atoms with Crippen LogP contribution in [0.4, 0.5) is 17.6 Å². The predicted molar refractivity (Wildman–Crippen MR) is 44.0 cm³/mol. The first-order valence-electron chi connectivity index (χ1n) is 3.27. The van der Waals surface area contributed by atoms with Crippen molar-refractivity contribution in [2.24, 2.45) is 0 Å². The SMILES string of the molecule is Cl.O=Cc1ccc(C(F)(F)F)cc1F. The van der Waals surface area contributed by atoms with Crippen LogP contribution in [0.25, 0.3) is 0 Å². The summed E-state index contributed by atoms with van der Waals surface area (Å²) in [6.07, 6.45) is -4.42. The molecule has 6 heteroatoms. The lowest BCUT2D eigenvalue weighted by Gasteiger charge is -2.06. The number of alkyl halides is 3. The van der Waals surface area contributed by atoms with Gasteiger partial charge in [0.15, 0.2) is 6.29 Å². The van der Waals surface area contributed by atoms with E-state index in [-0.39, 0.29) is 24.3 Å². The van der Waals surface area contributed by atoms with E-state index in [9.17, 15) is 22.4 Å². The number of hydrogen-bond donors (Lipinski definition) is 0. The Balaban J connectivity index is 0.00000169. The van der Waals surface area contributed by atoms with E-state index in [1.165, 1.54) is 0 Å². The zero-order valence-electron chi connectivity index (χ0n) is 6.64. The van der Waals surface area contributed by atoms with Crippen molar-refractivity contribution in [2.45, 2.75) is 6.18 Å². The molecule has 0 unspecified atom stereocenters. The highest BCUT2D eigenvalue weighted by atomic mass is 35.5. The number of carbonyl (C=O) groups is 1. The van der Waals surface area contributed by atoms with E-state index < -0.39 is 17.6 Å². The van der Waals surface area contributed by atoms with Crippen LogP contribution in [0.2, 0.25) is 0 Å². The van der Waals surface area contributed by atoms with Gasteiger partial charge in [-0.25, -0.2) is 4.39 Å². The molecule has 1 aromatic rings. The molecule has 0 saturated heterocycles. The first-order chi connectivity index (χ1) is 5.95. The highest BCUT2D eigenvalue weighted by Gasteiger charge is 2.30. The first kappa shape index (κ1) is 12.9. The molecule has 0 amide bonds. The molecule has 0 aliphatic heterocycles. The average Bonchev–Trinajstić information content (AvgIpc) is 2.02. The van der Waals surface area contributed by atoms with Gasteiger partial charge in [0.05, 0.1) is 11.1 Å². The highest BCUT2D eigenvalue weighted by Crippen LogP contribution is 2.29. The van der Waals surface area contributed by atoms with Gasteiger partial charge < -0.3 is 0 Å². The van der Waals surface area contributed by atoms with Gasteiger partial charge in [0.25, 0.3) is 0 Å². The summed E-state index contributed by atoms with van der Waals surface area (Å²) in [4.78, 5) is 10.1. The van der Waals surface area contributed by atoms with Crippen molar-refractivity contribution >= 4 is 18.7 Å². The second-order valence-electron chi connectivity index (χ2n) is 2.35. The molecule has 0 saturated carbocycles. The number of benzene rings is 1. The van der Waals surface area contributed by atoms with Gasteiger partial charge in [0.2, 0.25) is 0 Å². The Morgan fingerprint density at radius 2 is 1.79 bits per heavy atom. The monoisotopic (exact) mass is 228 g/mol. The lowest BCUT2D eigenvalue weighted by atomic mass is 10.1. The molecule has 0 bridgehead atoms. The van der Waals surface area contributed by atoms with E-state index in [0.717, 1.165) is 6.07 Å². The molecule has 14 heavy (non-hydrogen) atoms. The molecule has 0 aromatic heterocycles. The molecular weight excluding hydrogens is 224 g/mol. The van der Waals surface area contributed by atoms with Gasteiger partial charge in [-0.3, -0.25) is 4.79 Å². The van der Waals surface area contributed by atoms with Crippen LogP contribution in [0.15, 0.2) is 18.2 Å². The first-order valence-corrected chi connectivity index (χ1v) is 3.27. The Morgan fingerprint density at radius 3 is 2.14 bits per heavy atom. The van der Waals surface area contributed by atoms with Crippen LogP contribution in [-0.2, 0) is 6.18 Å². The molecule has 0 aliphatic rings. The number of hydrogen-bond acceptors (Lipinski definition) is 1. The summed E-state index contributed by atoms with van der Waals surface area (Å²) >= 11 is 0. The number of rotatable bonds is 1. The van der Waals surface area contributed by atoms with Crippen molar-refractivity contribution in [3.8, 4) is 0 Å². The fraction of sp³-hybridized carbons (Fsp3) is 0.125. The summed E-state index contributed by atoms with van der Waals surface area (Å²) in [5, 5.41) is 0. The minimum Gasteiger partial charge on any atom is -0.298 e. The summed E-state index contributed by atoms with van der Waals surface area (Å²) in [5.74, 6) is -1.16. The minimum atomic E-state index is -4.58. The Morgan fingerprint density at radius 1 is 1.21 bits per heavy atom. The second kappa shape index (κ2) is 4.41. The van der Waals surface area contributed by atoms with Crippen molar-refractivity contribution in [1.82, 2.24) is 0 Å². The van der Waals surface area contributed by atoms with E-state index in [1.54, 1.807) is 0 Å². The van der Waals surface area contributed by atoms with E-state index in [1.807, 2.05) is 0 Å². The summed E-state index contributed by atoms with van der Waals surface area (Å²) in [6, 6.07) is 1.75. The van der Waals surface area contributed by atoms with Gasteiger partial charge in [-0.2, -0.15) is 13.2 Å². The van der Waals surface area contributed by atoms with Crippen LogP contribution in [0.5, 0.6) is 0 Å². The minimum absolute atomic E-state index is 0. The largest absolute Gasteiger partial charge is 0.416 e. The van der Waals surface area contributed by atoms with Crippen molar-refractivity contribution in [3.63, 3.8) is 0 Å². The van der Waals surface area contributed by atoms with Crippen LogP contribution in [0.1, 0.15) is 15.9 Å². The van der Waals surface area contributed by atoms with Crippen molar-refractivity contribution < 1.29 is 22.4 Å². The smallest absolute Gasteiger partial charge is 0.298 e. The van der Waals surface area contributed by atoms with E-state index >= 15 is 0 Å². The third-order valence-corrected chi connectivity index (χ3v) is 1.45. The Bertz CT molecular complexity index is 335. The van der Waals surface area contributed by atoms with Crippen LogP contribution in [0, 0.1) is 5.82 Å². The Hall–Kier alpha value is -1.10. The van der Waals surface area contributed by atoms with Gasteiger partial charge >= 0.3 is 6.18 Å². The molecule has 0 radical (unpaired) electrons. The third-order valence-electron chi connectivity index (χ3n) is 1.45. The Kier molecular flexibility index (Phi) is 4.07. The Labute approximate surface area is 83.1 Å². The highest BCUT2D eigenvalue weighted by molar-refractivity contribution is 5.85. The molecule has 0 heterocycles. The maximum atomic E-state index is 12.6. The van der Waals surface area contributed by atoms with Gasteiger partial charge in [0, 0.05) is 0 Å². The standard InChI is InChI=1S/C8H4F4O.ClH/c9-7-3-6(8(10,11)12)2-1-5(7)4-13;/h1-4H;1H. The molecule has 0 spiro atoms. The maximum absolute atomic E-state index is 12.6.